The molecule has 1 aromatic rings. The normalized spacial score (nSPS) is 20.6. The van der Waals surface area contributed by atoms with Crippen molar-refractivity contribution in [2.45, 2.75) is 57.2 Å². The summed E-state index contributed by atoms with van der Waals surface area (Å²) in [5.41, 5.74) is 7.54. The molecule has 0 radical (unpaired) electrons. The van der Waals surface area contributed by atoms with Crippen LogP contribution in [0.5, 0.6) is 0 Å². The van der Waals surface area contributed by atoms with Crippen molar-refractivity contribution < 1.29 is 9.59 Å². The lowest BCUT2D eigenvalue weighted by molar-refractivity contribution is -0.124. The number of nitrogens with two attached hydrogens (primary N) is 1. The van der Waals surface area contributed by atoms with Gasteiger partial charge in [0.2, 0.25) is 5.91 Å². The van der Waals surface area contributed by atoms with Crippen LogP contribution in [0.25, 0.3) is 0 Å². The lowest BCUT2D eigenvalue weighted by Crippen LogP contribution is -2.51. The molecule has 0 spiro atoms. The van der Waals surface area contributed by atoms with E-state index in [1.54, 1.807) is 17.8 Å². The van der Waals surface area contributed by atoms with Gasteiger partial charge in [-0.25, -0.2) is 0 Å². The predicted octanol–water partition coefficient (Wildman–Crippen LogP) is 2.65. The quantitative estimate of drug-likeness (QED) is 0.658. The topological polar surface area (TPSA) is 84.2 Å². The van der Waals surface area contributed by atoms with Gasteiger partial charge in [-0.1, -0.05) is 17.7 Å². The molecule has 7 heteroatoms. The van der Waals surface area contributed by atoms with E-state index >= 15 is 0 Å². The third-order valence-corrected chi connectivity index (χ3v) is 5.27. The Morgan fingerprint density at radius 2 is 1.96 bits per heavy atom. The summed E-state index contributed by atoms with van der Waals surface area (Å²) in [6, 6.07) is 7.32. The monoisotopic (exact) mass is 399 g/mol. The zero-order valence-corrected chi connectivity index (χ0v) is 17.1. The lowest BCUT2D eigenvalue weighted by atomic mass is 9.91. The Hall–Kier alpha value is -1.24. The van der Waals surface area contributed by atoms with Gasteiger partial charge in [0, 0.05) is 17.6 Å². The molecule has 1 aliphatic rings. The molecule has 1 aliphatic carbocycles. The molecule has 2 rings (SSSR count). The molecule has 1 unspecified atom stereocenters. The molecular formula is C19H30ClN3O2S. The summed E-state index contributed by atoms with van der Waals surface area (Å²) in [5, 5.41) is 6.00. The van der Waals surface area contributed by atoms with Gasteiger partial charge in [-0.15, -0.1) is 12.4 Å². The number of nitrogens with one attached hydrogen (secondary N) is 2. The van der Waals surface area contributed by atoms with Crippen LogP contribution in [0.4, 0.5) is 0 Å². The van der Waals surface area contributed by atoms with Crippen LogP contribution in [0.2, 0.25) is 0 Å². The second-order valence-electron chi connectivity index (χ2n) is 6.80. The number of carbonyl (C=O) groups is 2. The van der Waals surface area contributed by atoms with Gasteiger partial charge in [-0.3, -0.25) is 9.59 Å². The largest absolute Gasteiger partial charge is 0.352 e. The highest BCUT2D eigenvalue weighted by atomic mass is 35.5. The Morgan fingerprint density at radius 1 is 1.27 bits per heavy atom. The maximum atomic E-state index is 12.7. The standard InChI is InChI=1S/C19H29N3O2S.ClH/c1-13-4-3-5-14(12-13)18(23)22-17(10-11-25-2)19(24)21-16-8-6-15(20)7-9-16;/h3-5,12,15-17H,6-11,20H2,1-2H3,(H,21,24)(H,22,23);1H. The molecule has 0 heterocycles. The highest BCUT2D eigenvalue weighted by Gasteiger charge is 2.25. The Balaban J connectivity index is 0.00000338. The van der Waals surface area contributed by atoms with Gasteiger partial charge in [0.15, 0.2) is 0 Å². The van der Waals surface area contributed by atoms with Crippen molar-refractivity contribution in [2.75, 3.05) is 12.0 Å². The number of rotatable bonds is 7. The summed E-state index contributed by atoms with van der Waals surface area (Å²) in [5.74, 6) is 0.535. The first kappa shape index (κ1) is 22.8. The van der Waals surface area contributed by atoms with Crippen molar-refractivity contribution in [2.24, 2.45) is 5.73 Å². The second-order valence-corrected chi connectivity index (χ2v) is 7.78. The molecule has 26 heavy (non-hydrogen) atoms. The molecule has 1 aromatic carbocycles. The van der Waals surface area contributed by atoms with Crippen LogP contribution in [-0.4, -0.2) is 41.9 Å². The second kappa shape index (κ2) is 11.5. The van der Waals surface area contributed by atoms with E-state index in [4.69, 9.17) is 5.73 Å². The molecule has 0 aliphatic heterocycles. The average Bonchev–Trinajstić information content (AvgIpc) is 2.60. The van der Waals surface area contributed by atoms with E-state index in [0.717, 1.165) is 37.0 Å². The Morgan fingerprint density at radius 3 is 2.58 bits per heavy atom. The number of amides is 2. The predicted molar refractivity (Wildman–Crippen MR) is 111 cm³/mol. The molecule has 146 valence electrons. The van der Waals surface area contributed by atoms with Crippen LogP contribution in [-0.2, 0) is 4.79 Å². The van der Waals surface area contributed by atoms with E-state index in [0.29, 0.717) is 12.0 Å². The average molecular weight is 400 g/mol. The summed E-state index contributed by atoms with van der Waals surface area (Å²) in [7, 11) is 0. The number of carbonyl (C=O) groups excluding carboxylic acids is 2. The molecule has 2 amide bonds. The number of hydrogen-bond acceptors (Lipinski definition) is 4. The fourth-order valence-corrected chi connectivity index (χ4v) is 3.57. The summed E-state index contributed by atoms with van der Waals surface area (Å²) in [6.07, 6.45) is 6.32. The van der Waals surface area contributed by atoms with Crippen molar-refractivity contribution in [3.05, 3.63) is 35.4 Å². The van der Waals surface area contributed by atoms with Gasteiger partial charge in [-0.2, -0.15) is 11.8 Å². The van der Waals surface area contributed by atoms with Crippen LogP contribution < -0.4 is 16.4 Å². The number of benzene rings is 1. The Labute approximate surface area is 166 Å². The summed E-state index contributed by atoms with van der Waals surface area (Å²) >= 11 is 1.67. The molecule has 1 saturated carbocycles. The van der Waals surface area contributed by atoms with Gasteiger partial charge in [-0.05, 0) is 63.2 Å². The molecule has 1 fully saturated rings. The first-order valence-corrected chi connectivity index (χ1v) is 10.3. The van der Waals surface area contributed by atoms with Gasteiger partial charge < -0.3 is 16.4 Å². The third kappa shape index (κ3) is 7.17. The van der Waals surface area contributed by atoms with E-state index in [9.17, 15) is 9.59 Å². The van der Waals surface area contributed by atoms with E-state index in [1.807, 2.05) is 31.4 Å². The molecule has 0 aromatic heterocycles. The Kier molecular flexibility index (Phi) is 10.1. The first-order valence-electron chi connectivity index (χ1n) is 8.92. The van der Waals surface area contributed by atoms with Crippen LogP contribution in [0, 0.1) is 6.92 Å². The zero-order chi connectivity index (χ0) is 18.2. The zero-order valence-electron chi connectivity index (χ0n) is 15.5. The number of thioether (sulfide) groups is 1. The van der Waals surface area contributed by atoms with Gasteiger partial charge in [0.1, 0.15) is 6.04 Å². The van der Waals surface area contributed by atoms with Crippen molar-refractivity contribution in [1.82, 2.24) is 10.6 Å². The Bertz CT molecular complexity index is 592. The SMILES string of the molecule is CSCCC(NC(=O)c1cccc(C)c1)C(=O)NC1CCC(N)CC1.Cl. The first-order chi connectivity index (χ1) is 12.0. The molecule has 4 N–H and O–H groups in total. The van der Waals surface area contributed by atoms with Crippen molar-refractivity contribution in [3.8, 4) is 0 Å². The maximum absolute atomic E-state index is 12.7. The number of hydrogen-bond donors (Lipinski definition) is 3. The van der Waals surface area contributed by atoms with Crippen molar-refractivity contribution in [1.29, 1.82) is 0 Å². The third-order valence-electron chi connectivity index (χ3n) is 4.63. The summed E-state index contributed by atoms with van der Waals surface area (Å²) < 4.78 is 0. The van der Waals surface area contributed by atoms with Crippen LogP contribution in [0.15, 0.2) is 24.3 Å². The van der Waals surface area contributed by atoms with Crippen molar-refractivity contribution >= 4 is 36.0 Å². The van der Waals surface area contributed by atoms with E-state index in [2.05, 4.69) is 10.6 Å². The summed E-state index contributed by atoms with van der Waals surface area (Å²) in [6.45, 7) is 1.95. The fraction of sp³-hybridized carbons (Fsp3) is 0.579. The maximum Gasteiger partial charge on any atom is 0.251 e. The smallest absolute Gasteiger partial charge is 0.251 e. The minimum atomic E-state index is -0.504. The minimum absolute atomic E-state index is 0. The number of halogens is 1. The van der Waals surface area contributed by atoms with Crippen molar-refractivity contribution in [3.63, 3.8) is 0 Å². The van der Waals surface area contributed by atoms with Crippen LogP contribution in [0.1, 0.15) is 48.0 Å². The van der Waals surface area contributed by atoms with E-state index in [-0.39, 0.29) is 36.3 Å². The minimum Gasteiger partial charge on any atom is -0.352 e. The molecule has 0 bridgehead atoms. The van der Waals surface area contributed by atoms with Gasteiger partial charge >= 0.3 is 0 Å². The van der Waals surface area contributed by atoms with Gasteiger partial charge in [0.05, 0.1) is 0 Å². The van der Waals surface area contributed by atoms with E-state index in [1.165, 1.54) is 0 Å². The summed E-state index contributed by atoms with van der Waals surface area (Å²) in [4.78, 5) is 25.2. The van der Waals surface area contributed by atoms with Gasteiger partial charge in [0.25, 0.3) is 5.91 Å². The van der Waals surface area contributed by atoms with E-state index < -0.39 is 6.04 Å². The lowest BCUT2D eigenvalue weighted by Gasteiger charge is -2.28. The molecule has 5 nitrogen and oxygen atoms in total. The van der Waals surface area contributed by atoms with Crippen LogP contribution in [0.3, 0.4) is 0 Å². The fourth-order valence-electron chi connectivity index (χ4n) is 3.10. The van der Waals surface area contributed by atoms with Crippen LogP contribution >= 0.6 is 24.2 Å². The highest BCUT2D eigenvalue weighted by molar-refractivity contribution is 7.98. The molecular weight excluding hydrogens is 370 g/mol. The molecule has 0 saturated heterocycles. The highest BCUT2D eigenvalue weighted by Crippen LogP contribution is 2.17. The molecule has 1 atom stereocenters. The number of aryl methyl sites for hydroxylation is 1.